The van der Waals surface area contributed by atoms with Gasteiger partial charge in [0.25, 0.3) is 17.2 Å². The third kappa shape index (κ3) is 3.35. The second-order valence-corrected chi connectivity index (χ2v) is 4.57. The monoisotopic (exact) mass is 302 g/mol. The molecule has 8 nitrogen and oxygen atoms in total. The van der Waals surface area contributed by atoms with Gasteiger partial charge in [-0.05, 0) is 13.0 Å². The normalized spacial score (nSPS) is 10.2. The van der Waals surface area contributed by atoms with Crippen LogP contribution in [0.25, 0.3) is 0 Å². The van der Waals surface area contributed by atoms with Gasteiger partial charge in [-0.1, -0.05) is 6.07 Å². The van der Waals surface area contributed by atoms with Crippen molar-refractivity contribution >= 4 is 11.6 Å². The fraction of sp³-hybridized carbons (Fsp3) is 0.214. The zero-order valence-electron chi connectivity index (χ0n) is 11.9. The Bertz CT molecular complexity index is 769. The minimum absolute atomic E-state index is 0.101. The molecule has 2 aromatic rings. The number of benzene rings is 1. The SMILES string of the molecule is Cc1c(C(=O)NCCn2cnccc2=O)cccc1[N+](=O)[O-]. The molecule has 0 aliphatic rings. The summed E-state index contributed by atoms with van der Waals surface area (Å²) in [4.78, 5) is 37.7. The van der Waals surface area contributed by atoms with Gasteiger partial charge >= 0.3 is 0 Å². The molecule has 8 heteroatoms. The van der Waals surface area contributed by atoms with Crippen LogP contribution in [0.15, 0.2) is 41.6 Å². The molecule has 0 spiro atoms. The number of nitrogens with zero attached hydrogens (tertiary/aromatic N) is 3. The number of carbonyl (C=O) groups is 1. The van der Waals surface area contributed by atoms with Crippen LogP contribution in [0.3, 0.4) is 0 Å². The van der Waals surface area contributed by atoms with E-state index in [0.29, 0.717) is 5.56 Å². The van der Waals surface area contributed by atoms with E-state index in [4.69, 9.17) is 0 Å². The number of carbonyl (C=O) groups excluding carboxylic acids is 1. The average Bonchev–Trinajstić information content (AvgIpc) is 2.49. The van der Waals surface area contributed by atoms with Crippen molar-refractivity contribution < 1.29 is 9.72 Å². The first-order valence-electron chi connectivity index (χ1n) is 6.53. The largest absolute Gasteiger partial charge is 0.350 e. The van der Waals surface area contributed by atoms with Crippen LogP contribution < -0.4 is 10.9 Å². The second kappa shape index (κ2) is 6.61. The Morgan fingerprint density at radius 1 is 1.41 bits per heavy atom. The van der Waals surface area contributed by atoms with E-state index in [1.807, 2.05) is 0 Å². The fourth-order valence-electron chi connectivity index (χ4n) is 2.00. The zero-order chi connectivity index (χ0) is 16.1. The summed E-state index contributed by atoms with van der Waals surface area (Å²) < 4.78 is 1.36. The molecule has 2 rings (SSSR count). The van der Waals surface area contributed by atoms with Crippen LogP contribution in [0.5, 0.6) is 0 Å². The van der Waals surface area contributed by atoms with E-state index in [1.54, 1.807) is 0 Å². The molecule has 1 N–H and O–H groups in total. The van der Waals surface area contributed by atoms with E-state index in [9.17, 15) is 19.7 Å². The van der Waals surface area contributed by atoms with Gasteiger partial charge in [-0.15, -0.1) is 0 Å². The van der Waals surface area contributed by atoms with Gasteiger partial charge in [0.1, 0.15) is 0 Å². The van der Waals surface area contributed by atoms with Crippen molar-refractivity contribution in [3.05, 3.63) is 68.4 Å². The zero-order valence-corrected chi connectivity index (χ0v) is 11.9. The Kier molecular flexibility index (Phi) is 4.62. The maximum absolute atomic E-state index is 12.1. The summed E-state index contributed by atoms with van der Waals surface area (Å²) in [5, 5.41) is 13.5. The third-order valence-electron chi connectivity index (χ3n) is 3.18. The highest BCUT2D eigenvalue weighted by Crippen LogP contribution is 2.20. The molecule has 0 aliphatic heterocycles. The molecule has 1 heterocycles. The van der Waals surface area contributed by atoms with Gasteiger partial charge in [-0.25, -0.2) is 4.98 Å². The maximum atomic E-state index is 12.1. The maximum Gasteiger partial charge on any atom is 0.273 e. The number of rotatable bonds is 5. The summed E-state index contributed by atoms with van der Waals surface area (Å²) >= 11 is 0. The van der Waals surface area contributed by atoms with Crippen LogP contribution in [0.4, 0.5) is 5.69 Å². The molecule has 0 unspecified atom stereocenters. The molecule has 22 heavy (non-hydrogen) atoms. The lowest BCUT2D eigenvalue weighted by molar-refractivity contribution is -0.385. The predicted octanol–water partition coefficient (Wildman–Crippen LogP) is 0.890. The molecule has 1 amide bonds. The van der Waals surface area contributed by atoms with E-state index < -0.39 is 10.8 Å². The Morgan fingerprint density at radius 3 is 2.86 bits per heavy atom. The standard InChI is InChI=1S/C14H14N4O4/c1-10-11(3-2-4-12(10)18(21)22)14(20)16-7-8-17-9-15-6-5-13(17)19/h2-6,9H,7-8H2,1H3,(H,16,20). The first-order chi connectivity index (χ1) is 10.5. The highest BCUT2D eigenvalue weighted by Gasteiger charge is 2.17. The van der Waals surface area contributed by atoms with Crippen LogP contribution in [-0.2, 0) is 6.54 Å². The molecule has 0 fully saturated rings. The van der Waals surface area contributed by atoms with Gasteiger partial charge in [0, 0.05) is 42.5 Å². The van der Waals surface area contributed by atoms with Gasteiger partial charge in [0.2, 0.25) is 0 Å². The lowest BCUT2D eigenvalue weighted by Gasteiger charge is -2.08. The smallest absolute Gasteiger partial charge is 0.273 e. The van der Waals surface area contributed by atoms with Gasteiger partial charge < -0.3 is 5.32 Å². The summed E-state index contributed by atoms with van der Waals surface area (Å²) in [6.07, 6.45) is 2.77. The van der Waals surface area contributed by atoms with Crippen LogP contribution in [0.1, 0.15) is 15.9 Å². The van der Waals surface area contributed by atoms with Crippen LogP contribution >= 0.6 is 0 Å². The fourth-order valence-corrected chi connectivity index (χ4v) is 2.00. The molecule has 0 radical (unpaired) electrons. The number of amides is 1. The Hall–Kier alpha value is -3.03. The lowest BCUT2D eigenvalue weighted by Crippen LogP contribution is -2.31. The molecule has 114 valence electrons. The molecule has 0 saturated heterocycles. The molecular weight excluding hydrogens is 288 g/mol. The van der Waals surface area contributed by atoms with Gasteiger partial charge in [-0.2, -0.15) is 0 Å². The van der Waals surface area contributed by atoms with Crippen LogP contribution in [0, 0.1) is 17.0 Å². The first-order valence-corrected chi connectivity index (χ1v) is 6.53. The number of hydrogen-bond acceptors (Lipinski definition) is 5. The van der Waals surface area contributed by atoms with Crippen molar-refractivity contribution in [3.63, 3.8) is 0 Å². The van der Waals surface area contributed by atoms with Gasteiger partial charge in [0.15, 0.2) is 0 Å². The topological polar surface area (TPSA) is 107 Å². The molecule has 1 aromatic carbocycles. The lowest BCUT2D eigenvalue weighted by atomic mass is 10.1. The summed E-state index contributed by atoms with van der Waals surface area (Å²) in [7, 11) is 0. The number of nitro benzene ring substituents is 1. The minimum atomic E-state index is -0.526. The number of nitrogens with one attached hydrogen (secondary N) is 1. The van der Waals surface area contributed by atoms with E-state index in [1.165, 1.54) is 48.3 Å². The van der Waals surface area contributed by atoms with Crippen molar-refractivity contribution in [2.75, 3.05) is 6.54 Å². The third-order valence-corrected chi connectivity index (χ3v) is 3.18. The van der Waals surface area contributed by atoms with E-state index in [-0.39, 0.29) is 29.9 Å². The average molecular weight is 302 g/mol. The summed E-state index contributed by atoms with van der Waals surface area (Å²) in [5.74, 6) is -0.418. The quantitative estimate of drug-likeness (QED) is 0.652. The Labute approximate surface area is 125 Å². The minimum Gasteiger partial charge on any atom is -0.350 e. The van der Waals surface area contributed by atoms with Crippen molar-refractivity contribution in [1.82, 2.24) is 14.9 Å². The number of hydrogen-bond donors (Lipinski definition) is 1. The highest BCUT2D eigenvalue weighted by molar-refractivity contribution is 5.96. The first kappa shape index (κ1) is 15.4. The molecule has 0 saturated carbocycles. The summed E-state index contributed by atoms with van der Waals surface area (Å²) in [6, 6.07) is 5.66. The van der Waals surface area contributed by atoms with E-state index in [2.05, 4.69) is 10.3 Å². The Balaban J connectivity index is 2.04. The van der Waals surface area contributed by atoms with Crippen LogP contribution in [0.2, 0.25) is 0 Å². The molecule has 0 atom stereocenters. The van der Waals surface area contributed by atoms with Crippen molar-refractivity contribution in [2.24, 2.45) is 0 Å². The molecule has 0 bridgehead atoms. The van der Waals surface area contributed by atoms with Crippen LogP contribution in [-0.4, -0.2) is 26.9 Å². The van der Waals surface area contributed by atoms with Crippen molar-refractivity contribution in [3.8, 4) is 0 Å². The Morgan fingerprint density at radius 2 is 2.18 bits per heavy atom. The van der Waals surface area contributed by atoms with Crippen molar-refractivity contribution in [1.29, 1.82) is 0 Å². The number of nitro groups is 1. The predicted molar refractivity (Wildman–Crippen MR) is 78.7 cm³/mol. The van der Waals surface area contributed by atoms with E-state index in [0.717, 1.165) is 0 Å². The second-order valence-electron chi connectivity index (χ2n) is 4.57. The highest BCUT2D eigenvalue weighted by atomic mass is 16.6. The molecule has 1 aromatic heterocycles. The van der Waals surface area contributed by atoms with E-state index >= 15 is 0 Å². The van der Waals surface area contributed by atoms with Gasteiger partial charge in [-0.3, -0.25) is 24.3 Å². The molecule has 0 aliphatic carbocycles. The number of aromatic nitrogens is 2. The van der Waals surface area contributed by atoms with Gasteiger partial charge in [0.05, 0.1) is 11.3 Å². The summed E-state index contributed by atoms with van der Waals surface area (Å²) in [5.41, 5.74) is 0.239. The van der Waals surface area contributed by atoms with Crippen molar-refractivity contribution in [2.45, 2.75) is 13.5 Å². The molecular formula is C14H14N4O4. The summed E-state index contributed by atoms with van der Waals surface area (Å²) in [6.45, 7) is 2.01.